The quantitative estimate of drug-likeness (QED) is 0.846. The first-order valence-electron chi connectivity index (χ1n) is 5.48. The maximum absolute atomic E-state index is 11.7. The molecule has 4 nitrogen and oxygen atoms in total. The predicted octanol–water partition coefficient (Wildman–Crippen LogP) is 2.10. The fraction of sp³-hybridized carbons (Fsp3) is 0.417. The third kappa shape index (κ3) is 4.19. The van der Waals surface area contributed by atoms with Crippen molar-refractivity contribution in [2.45, 2.75) is 25.5 Å². The van der Waals surface area contributed by atoms with Gasteiger partial charge in [0.2, 0.25) is 0 Å². The van der Waals surface area contributed by atoms with E-state index in [9.17, 15) is 13.2 Å². The van der Waals surface area contributed by atoms with E-state index in [2.05, 4.69) is 0 Å². The molecule has 94 valence electrons. The summed E-state index contributed by atoms with van der Waals surface area (Å²) in [6.07, 6.45) is 1.41. The van der Waals surface area contributed by atoms with E-state index in [-0.39, 0.29) is 17.1 Å². The summed E-state index contributed by atoms with van der Waals surface area (Å²) in [6.45, 7) is 1.92. The molecule has 1 aromatic carbocycles. The lowest BCUT2D eigenvalue weighted by Gasteiger charge is -2.06. The highest BCUT2D eigenvalue weighted by molar-refractivity contribution is 7.90. The van der Waals surface area contributed by atoms with Crippen molar-refractivity contribution in [3.63, 3.8) is 0 Å². The number of carboxylic acids is 1. The lowest BCUT2D eigenvalue weighted by atomic mass is 10.1. The summed E-state index contributed by atoms with van der Waals surface area (Å²) in [5.74, 6) is -1.18. The van der Waals surface area contributed by atoms with Crippen LogP contribution in [0.1, 0.15) is 35.7 Å². The van der Waals surface area contributed by atoms with Gasteiger partial charge >= 0.3 is 5.97 Å². The van der Waals surface area contributed by atoms with E-state index < -0.39 is 15.8 Å². The minimum atomic E-state index is -3.22. The van der Waals surface area contributed by atoms with Gasteiger partial charge in [0.15, 0.2) is 9.84 Å². The predicted molar refractivity (Wildman–Crippen MR) is 65.8 cm³/mol. The van der Waals surface area contributed by atoms with Crippen molar-refractivity contribution in [1.29, 1.82) is 0 Å². The van der Waals surface area contributed by atoms with Crippen LogP contribution in [-0.2, 0) is 15.6 Å². The fourth-order valence-corrected chi connectivity index (χ4v) is 3.13. The number of benzene rings is 1. The van der Waals surface area contributed by atoms with Crippen molar-refractivity contribution in [3.05, 3.63) is 35.4 Å². The molecule has 1 aromatic rings. The minimum Gasteiger partial charge on any atom is -0.478 e. The van der Waals surface area contributed by atoms with Crippen molar-refractivity contribution in [2.75, 3.05) is 5.75 Å². The Bertz CT molecular complexity index is 491. The molecule has 0 aliphatic rings. The van der Waals surface area contributed by atoms with Crippen LogP contribution in [-0.4, -0.2) is 25.2 Å². The van der Waals surface area contributed by atoms with Crippen LogP contribution in [0.2, 0.25) is 0 Å². The van der Waals surface area contributed by atoms with Crippen molar-refractivity contribution < 1.29 is 18.3 Å². The zero-order chi connectivity index (χ0) is 12.9. The average Bonchev–Trinajstić information content (AvgIpc) is 2.26. The summed E-state index contributed by atoms with van der Waals surface area (Å²) in [4.78, 5) is 10.9. The van der Waals surface area contributed by atoms with Crippen molar-refractivity contribution in [2.24, 2.45) is 0 Å². The number of rotatable bonds is 6. The molecule has 0 heterocycles. The summed E-state index contributed by atoms with van der Waals surface area (Å²) in [5.41, 5.74) is 0.420. The highest BCUT2D eigenvalue weighted by Gasteiger charge is 2.16. The maximum atomic E-state index is 11.7. The number of carboxylic acid groups (broad SMARTS) is 1. The van der Waals surface area contributed by atoms with Gasteiger partial charge in [0.1, 0.15) is 0 Å². The van der Waals surface area contributed by atoms with E-state index in [1.165, 1.54) is 6.07 Å². The van der Waals surface area contributed by atoms with E-state index >= 15 is 0 Å². The molecule has 0 atom stereocenters. The van der Waals surface area contributed by atoms with Gasteiger partial charge in [0.25, 0.3) is 0 Å². The minimum absolute atomic E-state index is 0.0626. The van der Waals surface area contributed by atoms with Gasteiger partial charge in [-0.1, -0.05) is 31.5 Å². The molecule has 17 heavy (non-hydrogen) atoms. The number of sulfone groups is 1. The van der Waals surface area contributed by atoms with Gasteiger partial charge in [-0.2, -0.15) is 0 Å². The van der Waals surface area contributed by atoms with E-state index in [1.807, 2.05) is 6.92 Å². The van der Waals surface area contributed by atoms with Crippen LogP contribution in [0.5, 0.6) is 0 Å². The Morgan fingerprint density at radius 2 is 1.94 bits per heavy atom. The number of hydrogen-bond acceptors (Lipinski definition) is 3. The van der Waals surface area contributed by atoms with Gasteiger partial charge in [-0.3, -0.25) is 0 Å². The zero-order valence-corrected chi connectivity index (χ0v) is 10.5. The van der Waals surface area contributed by atoms with E-state index in [0.29, 0.717) is 12.0 Å². The van der Waals surface area contributed by atoms with E-state index in [4.69, 9.17) is 5.11 Å². The number of unbranched alkanes of at least 4 members (excludes halogenated alkanes) is 1. The number of hydrogen-bond donors (Lipinski definition) is 1. The second-order valence-corrected chi connectivity index (χ2v) is 6.09. The van der Waals surface area contributed by atoms with Gasteiger partial charge < -0.3 is 5.11 Å². The van der Waals surface area contributed by atoms with Crippen molar-refractivity contribution in [1.82, 2.24) is 0 Å². The first kappa shape index (κ1) is 13.7. The Kier molecular flexibility index (Phi) is 4.69. The normalized spacial score (nSPS) is 11.4. The molecule has 5 heteroatoms. The zero-order valence-electron chi connectivity index (χ0n) is 9.72. The topological polar surface area (TPSA) is 71.4 Å². The second kappa shape index (κ2) is 5.82. The van der Waals surface area contributed by atoms with Crippen LogP contribution in [0.25, 0.3) is 0 Å². The number of carbonyl (C=O) groups is 1. The van der Waals surface area contributed by atoms with Crippen LogP contribution in [0.15, 0.2) is 24.3 Å². The first-order chi connectivity index (χ1) is 7.96. The summed E-state index contributed by atoms with van der Waals surface area (Å²) in [5, 5.41) is 8.94. The molecule has 0 saturated carbocycles. The van der Waals surface area contributed by atoms with Gasteiger partial charge in [0, 0.05) is 0 Å². The monoisotopic (exact) mass is 256 g/mol. The maximum Gasteiger partial charge on any atom is 0.335 e. The number of aromatic carboxylic acids is 1. The molecule has 0 amide bonds. The third-order valence-corrected chi connectivity index (χ3v) is 4.09. The molecular formula is C12H16O4S. The standard InChI is InChI=1S/C12H16O4S/c1-2-3-8-17(15,16)9-10-6-4-5-7-11(10)12(13)14/h4-7H,2-3,8-9H2,1H3,(H,13,14). The highest BCUT2D eigenvalue weighted by Crippen LogP contribution is 2.14. The summed E-state index contributed by atoms with van der Waals surface area (Å²) < 4.78 is 23.5. The molecule has 0 fully saturated rings. The van der Waals surface area contributed by atoms with Crippen LogP contribution < -0.4 is 0 Å². The van der Waals surface area contributed by atoms with Gasteiger partial charge in [0.05, 0.1) is 17.1 Å². The molecule has 0 aliphatic carbocycles. The van der Waals surface area contributed by atoms with Crippen molar-refractivity contribution >= 4 is 15.8 Å². The molecule has 0 radical (unpaired) electrons. The fourth-order valence-electron chi connectivity index (χ4n) is 1.53. The van der Waals surface area contributed by atoms with E-state index in [0.717, 1.165) is 6.42 Å². The Morgan fingerprint density at radius 1 is 1.29 bits per heavy atom. The van der Waals surface area contributed by atoms with E-state index in [1.54, 1.807) is 18.2 Å². The second-order valence-electron chi connectivity index (χ2n) is 3.91. The largest absolute Gasteiger partial charge is 0.478 e. The highest BCUT2D eigenvalue weighted by atomic mass is 32.2. The van der Waals surface area contributed by atoms with Gasteiger partial charge in [-0.05, 0) is 18.1 Å². The first-order valence-corrected chi connectivity index (χ1v) is 7.30. The summed E-state index contributed by atoms with van der Waals surface area (Å²) in [7, 11) is -3.22. The Morgan fingerprint density at radius 3 is 2.53 bits per heavy atom. The van der Waals surface area contributed by atoms with Crippen LogP contribution in [0.4, 0.5) is 0 Å². The van der Waals surface area contributed by atoms with Crippen LogP contribution in [0.3, 0.4) is 0 Å². The Labute approximate surface area is 101 Å². The van der Waals surface area contributed by atoms with Gasteiger partial charge in [-0.15, -0.1) is 0 Å². The summed E-state index contributed by atoms with van der Waals surface area (Å²) >= 11 is 0. The Balaban J connectivity index is 2.92. The molecule has 1 rings (SSSR count). The van der Waals surface area contributed by atoms with Crippen LogP contribution in [0, 0.1) is 0 Å². The summed E-state index contributed by atoms with van der Waals surface area (Å²) in [6, 6.07) is 6.21. The average molecular weight is 256 g/mol. The molecular weight excluding hydrogens is 240 g/mol. The Hall–Kier alpha value is -1.36. The molecule has 0 aliphatic heterocycles. The molecule has 0 unspecified atom stereocenters. The SMILES string of the molecule is CCCCS(=O)(=O)Cc1ccccc1C(=O)O. The van der Waals surface area contributed by atoms with Crippen LogP contribution >= 0.6 is 0 Å². The van der Waals surface area contributed by atoms with Gasteiger partial charge in [-0.25, -0.2) is 13.2 Å². The molecule has 1 N–H and O–H groups in total. The van der Waals surface area contributed by atoms with Crippen molar-refractivity contribution in [3.8, 4) is 0 Å². The molecule has 0 spiro atoms. The molecule has 0 saturated heterocycles. The smallest absolute Gasteiger partial charge is 0.335 e. The third-order valence-electron chi connectivity index (χ3n) is 2.43. The molecule has 0 bridgehead atoms. The lowest BCUT2D eigenvalue weighted by Crippen LogP contribution is -2.12. The lowest BCUT2D eigenvalue weighted by molar-refractivity contribution is 0.0696. The molecule has 0 aromatic heterocycles.